The third-order valence-electron chi connectivity index (χ3n) is 3.39. The first-order chi connectivity index (χ1) is 11.6. The second kappa shape index (κ2) is 7.92. The Bertz CT molecular complexity index is 788. The first-order valence-corrected chi connectivity index (χ1v) is 7.46. The molecule has 0 saturated heterocycles. The van der Waals surface area contributed by atoms with Crippen LogP contribution < -0.4 is 10.3 Å². The van der Waals surface area contributed by atoms with Crippen LogP contribution in [0.5, 0.6) is 0 Å². The van der Waals surface area contributed by atoms with Crippen molar-refractivity contribution < 1.29 is 13.6 Å². The van der Waals surface area contributed by atoms with E-state index in [9.17, 15) is 9.18 Å². The maximum absolute atomic E-state index is 13.7. The summed E-state index contributed by atoms with van der Waals surface area (Å²) >= 11 is 0. The van der Waals surface area contributed by atoms with Crippen molar-refractivity contribution in [1.29, 1.82) is 5.26 Å². The molecule has 0 spiro atoms. The van der Waals surface area contributed by atoms with Crippen LogP contribution in [0.15, 0.2) is 39.9 Å². The summed E-state index contributed by atoms with van der Waals surface area (Å²) in [6, 6.07) is 8.95. The summed E-state index contributed by atoms with van der Waals surface area (Å²) in [6.45, 7) is 5.67. The van der Waals surface area contributed by atoms with E-state index in [0.717, 1.165) is 19.2 Å². The third kappa shape index (κ3) is 3.98. The Hall–Kier alpha value is -3.14. The number of rotatable bonds is 6. The number of anilines is 1. The molecule has 0 unspecified atom stereocenters. The van der Waals surface area contributed by atoms with Gasteiger partial charge in [0, 0.05) is 19.2 Å². The summed E-state index contributed by atoms with van der Waals surface area (Å²) in [5, 5.41) is 12.4. The number of benzene rings is 1. The highest BCUT2D eigenvalue weighted by Gasteiger charge is 2.11. The highest BCUT2D eigenvalue weighted by molar-refractivity contribution is 5.95. The summed E-state index contributed by atoms with van der Waals surface area (Å²) in [5.74, 6) is -0.296. The lowest BCUT2D eigenvalue weighted by Crippen LogP contribution is -2.21. The van der Waals surface area contributed by atoms with Crippen molar-refractivity contribution >= 4 is 18.0 Å². The monoisotopic (exact) mass is 328 g/mol. The molecular formula is C17H17FN4O2. The predicted octanol–water partition coefficient (Wildman–Crippen LogP) is 2.90. The number of nitrogens with zero attached hydrogens (tertiary/aromatic N) is 3. The normalized spacial score (nSPS) is 10.6. The average Bonchev–Trinajstić information content (AvgIpc) is 3.04. The molecule has 0 saturated carbocycles. The molecule has 1 amide bonds. The summed E-state index contributed by atoms with van der Waals surface area (Å²) in [4.78, 5) is 13.9. The Morgan fingerprint density at radius 1 is 1.38 bits per heavy atom. The van der Waals surface area contributed by atoms with E-state index in [1.807, 2.05) is 24.8 Å². The van der Waals surface area contributed by atoms with Crippen molar-refractivity contribution in [1.82, 2.24) is 5.43 Å². The Morgan fingerprint density at radius 3 is 2.75 bits per heavy atom. The first kappa shape index (κ1) is 17.2. The molecule has 0 bridgehead atoms. The number of carbonyl (C=O) groups is 1. The summed E-state index contributed by atoms with van der Waals surface area (Å²) < 4.78 is 19.3. The molecule has 0 fully saturated rings. The summed E-state index contributed by atoms with van der Waals surface area (Å²) in [5.41, 5.74) is 2.19. The number of hydrogen-bond acceptors (Lipinski definition) is 5. The fourth-order valence-corrected chi connectivity index (χ4v) is 2.10. The van der Waals surface area contributed by atoms with Crippen molar-refractivity contribution in [3.05, 3.63) is 53.0 Å². The van der Waals surface area contributed by atoms with E-state index >= 15 is 0 Å². The van der Waals surface area contributed by atoms with Crippen LogP contribution in [0.25, 0.3) is 0 Å². The van der Waals surface area contributed by atoms with Gasteiger partial charge >= 0.3 is 0 Å². The summed E-state index contributed by atoms with van der Waals surface area (Å²) in [7, 11) is 0. The predicted molar refractivity (Wildman–Crippen MR) is 88.4 cm³/mol. The zero-order valence-corrected chi connectivity index (χ0v) is 13.4. The van der Waals surface area contributed by atoms with Gasteiger partial charge in [0.1, 0.15) is 11.6 Å². The van der Waals surface area contributed by atoms with Gasteiger partial charge in [0.15, 0.2) is 5.88 Å². The van der Waals surface area contributed by atoms with Crippen molar-refractivity contribution in [3.63, 3.8) is 0 Å². The van der Waals surface area contributed by atoms with Crippen LogP contribution in [0.4, 0.5) is 10.3 Å². The van der Waals surface area contributed by atoms with Gasteiger partial charge in [-0.05, 0) is 38.1 Å². The first-order valence-electron chi connectivity index (χ1n) is 7.46. The molecule has 0 aliphatic heterocycles. The molecule has 1 aromatic carbocycles. The van der Waals surface area contributed by atoms with Gasteiger partial charge in [-0.15, -0.1) is 0 Å². The number of carbonyl (C=O) groups excluding carboxylic acids is 1. The third-order valence-corrected chi connectivity index (χ3v) is 3.39. The van der Waals surface area contributed by atoms with Crippen LogP contribution in [0.2, 0.25) is 0 Å². The maximum atomic E-state index is 13.7. The van der Waals surface area contributed by atoms with E-state index in [-0.39, 0.29) is 11.1 Å². The van der Waals surface area contributed by atoms with Gasteiger partial charge < -0.3 is 9.32 Å². The average molecular weight is 328 g/mol. The lowest BCUT2D eigenvalue weighted by molar-refractivity contribution is 0.0951. The number of hydrogen-bond donors (Lipinski definition) is 1. The van der Waals surface area contributed by atoms with Gasteiger partial charge in [0.05, 0.1) is 23.4 Å². The SMILES string of the molecule is CCN(CC)c1ccc(/C=N/NC(=O)c2ccc(C#N)cc2F)o1. The molecule has 124 valence electrons. The second-order valence-electron chi connectivity index (χ2n) is 4.85. The molecule has 7 heteroatoms. The number of furan rings is 1. The van der Waals surface area contributed by atoms with Gasteiger partial charge in [0.25, 0.3) is 5.91 Å². The van der Waals surface area contributed by atoms with E-state index in [4.69, 9.17) is 9.68 Å². The van der Waals surface area contributed by atoms with Crippen LogP contribution >= 0.6 is 0 Å². The molecular weight excluding hydrogens is 311 g/mol. The maximum Gasteiger partial charge on any atom is 0.274 e. The van der Waals surface area contributed by atoms with Crippen molar-refractivity contribution in [2.24, 2.45) is 5.10 Å². The van der Waals surface area contributed by atoms with E-state index in [1.165, 1.54) is 18.3 Å². The molecule has 0 aliphatic rings. The van der Waals surface area contributed by atoms with Gasteiger partial charge in [-0.2, -0.15) is 10.4 Å². The zero-order valence-electron chi connectivity index (χ0n) is 13.4. The molecule has 0 aliphatic carbocycles. The quantitative estimate of drug-likeness (QED) is 0.653. The smallest absolute Gasteiger partial charge is 0.274 e. The van der Waals surface area contributed by atoms with E-state index in [0.29, 0.717) is 11.6 Å². The van der Waals surface area contributed by atoms with E-state index in [1.54, 1.807) is 12.1 Å². The fraction of sp³-hybridized carbons (Fsp3) is 0.235. The Balaban J connectivity index is 2.01. The van der Waals surface area contributed by atoms with Crippen LogP contribution in [-0.2, 0) is 0 Å². The Kier molecular flexibility index (Phi) is 5.68. The molecule has 2 aromatic rings. The Morgan fingerprint density at radius 2 is 2.12 bits per heavy atom. The van der Waals surface area contributed by atoms with Gasteiger partial charge in [-0.25, -0.2) is 9.82 Å². The molecule has 6 nitrogen and oxygen atoms in total. The number of nitrogens with one attached hydrogen (secondary N) is 1. The standard InChI is InChI=1S/C17H17FN4O2/c1-3-22(4-2)16-8-6-13(24-16)11-20-21-17(23)14-7-5-12(10-19)9-15(14)18/h5-9,11H,3-4H2,1-2H3,(H,21,23)/b20-11+. The topological polar surface area (TPSA) is 81.6 Å². The highest BCUT2D eigenvalue weighted by Crippen LogP contribution is 2.17. The Labute approximate surface area is 139 Å². The minimum atomic E-state index is -0.774. The largest absolute Gasteiger partial charge is 0.440 e. The van der Waals surface area contributed by atoms with Crippen molar-refractivity contribution in [2.75, 3.05) is 18.0 Å². The van der Waals surface area contributed by atoms with Crippen molar-refractivity contribution in [3.8, 4) is 6.07 Å². The lowest BCUT2D eigenvalue weighted by Gasteiger charge is -2.16. The number of nitriles is 1. The molecule has 0 atom stereocenters. The lowest BCUT2D eigenvalue weighted by atomic mass is 10.1. The zero-order chi connectivity index (χ0) is 17.5. The molecule has 1 aromatic heterocycles. The second-order valence-corrected chi connectivity index (χ2v) is 4.85. The highest BCUT2D eigenvalue weighted by atomic mass is 19.1. The number of hydrazone groups is 1. The van der Waals surface area contributed by atoms with Crippen LogP contribution in [0, 0.1) is 17.1 Å². The van der Waals surface area contributed by atoms with Gasteiger partial charge in [0.2, 0.25) is 0 Å². The molecule has 1 heterocycles. The van der Waals surface area contributed by atoms with E-state index < -0.39 is 11.7 Å². The van der Waals surface area contributed by atoms with Crippen LogP contribution in [0.3, 0.4) is 0 Å². The minimum Gasteiger partial charge on any atom is -0.440 e. The van der Waals surface area contributed by atoms with Gasteiger partial charge in [-0.3, -0.25) is 4.79 Å². The molecule has 2 rings (SSSR count). The molecule has 0 radical (unpaired) electrons. The van der Waals surface area contributed by atoms with E-state index in [2.05, 4.69) is 10.5 Å². The van der Waals surface area contributed by atoms with Gasteiger partial charge in [-0.1, -0.05) is 0 Å². The van der Waals surface area contributed by atoms with Crippen molar-refractivity contribution in [2.45, 2.75) is 13.8 Å². The number of amides is 1. The summed E-state index contributed by atoms with van der Waals surface area (Å²) in [6.07, 6.45) is 1.34. The molecule has 24 heavy (non-hydrogen) atoms. The number of halogens is 1. The van der Waals surface area contributed by atoms with Crippen LogP contribution in [0.1, 0.15) is 35.5 Å². The van der Waals surface area contributed by atoms with Crippen LogP contribution in [-0.4, -0.2) is 25.2 Å². The fourth-order valence-electron chi connectivity index (χ4n) is 2.10. The minimum absolute atomic E-state index is 0.145. The molecule has 1 N–H and O–H groups in total.